The van der Waals surface area contributed by atoms with E-state index in [1.165, 1.54) is 18.9 Å². The molecule has 0 atom stereocenters. The van der Waals surface area contributed by atoms with Gasteiger partial charge in [0.2, 0.25) is 0 Å². The van der Waals surface area contributed by atoms with Crippen LogP contribution in [0.1, 0.15) is 24.0 Å². The Morgan fingerprint density at radius 3 is 2.56 bits per heavy atom. The summed E-state index contributed by atoms with van der Waals surface area (Å²) in [4.78, 5) is 13.2. The third-order valence-electron chi connectivity index (χ3n) is 4.12. The molecule has 0 amide bonds. The summed E-state index contributed by atoms with van der Waals surface area (Å²) in [5.74, 6) is 0.493. The maximum absolute atomic E-state index is 11.4. The summed E-state index contributed by atoms with van der Waals surface area (Å²) in [6.45, 7) is 2.39. The van der Waals surface area contributed by atoms with Gasteiger partial charge in [-0.1, -0.05) is 28.1 Å². The fraction of sp³-hybridized carbons (Fsp3) is 0.263. The minimum Gasteiger partial charge on any atom is -0.489 e. The first-order valence-corrected chi connectivity index (χ1v) is 8.99. The standard InChI is InChI=1S/C19H19BrN2O3/c20-17-6-3-15(4-7-17)14-25-18-8-5-16(19(13-18)22(23)24)9-12-21-10-1-2-11-21/h3-9,12-13H,1-2,10-11,14H2. The predicted octanol–water partition coefficient (Wildman–Crippen LogP) is 5.00. The van der Waals surface area contributed by atoms with E-state index in [1.54, 1.807) is 12.1 Å². The number of hydrogen-bond acceptors (Lipinski definition) is 4. The minimum absolute atomic E-state index is 0.0590. The van der Waals surface area contributed by atoms with Crippen molar-refractivity contribution in [3.63, 3.8) is 0 Å². The zero-order valence-corrected chi connectivity index (χ0v) is 15.3. The molecule has 0 radical (unpaired) electrons. The van der Waals surface area contributed by atoms with Crippen LogP contribution in [0.2, 0.25) is 0 Å². The number of likely N-dealkylation sites (tertiary alicyclic amines) is 1. The lowest BCUT2D eigenvalue weighted by Crippen LogP contribution is -2.10. The second-order valence-electron chi connectivity index (χ2n) is 5.95. The molecule has 6 heteroatoms. The number of halogens is 1. The van der Waals surface area contributed by atoms with E-state index in [-0.39, 0.29) is 10.6 Å². The highest BCUT2D eigenvalue weighted by Gasteiger charge is 2.14. The SMILES string of the molecule is O=[N+]([O-])c1cc(OCc2ccc(Br)cc2)ccc1C=CN1CCCC1. The van der Waals surface area contributed by atoms with Gasteiger partial charge in [0.25, 0.3) is 5.69 Å². The number of nitro groups is 1. The van der Waals surface area contributed by atoms with Crippen molar-refractivity contribution in [1.82, 2.24) is 4.90 Å². The highest BCUT2D eigenvalue weighted by Crippen LogP contribution is 2.27. The Labute approximate surface area is 155 Å². The van der Waals surface area contributed by atoms with Gasteiger partial charge in [-0.05, 0) is 54.9 Å². The molecule has 3 rings (SSSR count). The minimum atomic E-state index is -0.365. The summed E-state index contributed by atoms with van der Waals surface area (Å²) >= 11 is 3.39. The van der Waals surface area contributed by atoms with Crippen LogP contribution in [0.3, 0.4) is 0 Å². The molecule has 2 aromatic rings. The van der Waals surface area contributed by atoms with Crippen LogP contribution in [0.5, 0.6) is 5.75 Å². The zero-order chi connectivity index (χ0) is 17.6. The molecule has 1 aliphatic heterocycles. The van der Waals surface area contributed by atoms with E-state index in [2.05, 4.69) is 20.8 Å². The Hall–Kier alpha value is -2.34. The van der Waals surface area contributed by atoms with E-state index in [9.17, 15) is 10.1 Å². The highest BCUT2D eigenvalue weighted by molar-refractivity contribution is 9.10. The Balaban J connectivity index is 1.71. The summed E-state index contributed by atoms with van der Waals surface area (Å²) in [6.07, 6.45) is 6.10. The van der Waals surface area contributed by atoms with Crippen LogP contribution in [0.4, 0.5) is 5.69 Å². The maximum atomic E-state index is 11.4. The second kappa shape index (κ2) is 8.16. The van der Waals surface area contributed by atoms with Gasteiger partial charge >= 0.3 is 0 Å². The lowest BCUT2D eigenvalue weighted by Gasteiger charge is -2.10. The van der Waals surface area contributed by atoms with Gasteiger partial charge in [0.05, 0.1) is 16.6 Å². The second-order valence-corrected chi connectivity index (χ2v) is 6.87. The predicted molar refractivity (Wildman–Crippen MR) is 101 cm³/mol. The molecule has 1 heterocycles. The first-order valence-electron chi connectivity index (χ1n) is 8.20. The van der Waals surface area contributed by atoms with Crippen molar-refractivity contribution >= 4 is 27.7 Å². The fourth-order valence-electron chi connectivity index (χ4n) is 2.74. The summed E-state index contributed by atoms with van der Waals surface area (Å²) in [5.41, 5.74) is 1.65. The van der Waals surface area contributed by atoms with Crippen molar-refractivity contribution in [3.8, 4) is 5.75 Å². The van der Waals surface area contributed by atoms with E-state index >= 15 is 0 Å². The van der Waals surface area contributed by atoms with Crippen molar-refractivity contribution < 1.29 is 9.66 Å². The topological polar surface area (TPSA) is 55.6 Å². The molecule has 0 saturated carbocycles. The molecular weight excluding hydrogens is 384 g/mol. The smallest absolute Gasteiger partial charge is 0.280 e. The molecule has 5 nitrogen and oxygen atoms in total. The van der Waals surface area contributed by atoms with Gasteiger partial charge in [0.1, 0.15) is 12.4 Å². The van der Waals surface area contributed by atoms with Crippen LogP contribution < -0.4 is 4.74 Å². The van der Waals surface area contributed by atoms with E-state index in [1.807, 2.05) is 36.5 Å². The molecule has 1 saturated heterocycles. The Bertz CT molecular complexity index is 769. The largest absolute Gasteiger partial charge is 0.489 e. The van der Waals surface area contributed by atoms with Gasteiger partial charge in [-0.3, -0.25) is 10.1 Å². The van der Waals surface area contributed by atoms with Crippen molar-refractivity contribution in [2.75, 3.05) is 13.1 Å². The van der Waals surface area contributed by atoms with Crippen LogP contribution in [-0.2, 0) is 6.61 Å². The molecule has 0 aliphatic carbocycles. The summed E-state index contributed by atoms with van der Waals surface area (Å²) in [6, 6.07) is 12.8. The number of nitrogens with zero attached hydrogens (tertiary/aromatic N) is 2. The fourth-order valence-corrected chi connectivity index (χ4v) is 3.00. The number of benzene rings is 2. The van der Waals surface area contributed by atoms with Crippen LogP contribution >= 0.6 is 15.9 Å². The van der Waals surface area contributed by atoms with E-state index in [0.717, 1.165) is 23.1 Å². The molecule has 0 N–H and O–H groups in total. The summed E-state index contributed by atoms with van der Waals surface area (Å²) < 4.78 is 6.70. The Morgan fingerprint density at radius 2 is 1.88 bits per heavy atom. The van der Waals surface area contributed by atoms with E-state index < -0.39 is 0 Å². The normalized spacial score (nSPS) is 14.2. The van der Waals surface area contributed by atoms with Crippen LogP contribution in [0.15, 0.2) is 53.1 Å². The zero-order valence-electron chi connectivity index (χ0n) is 13.7. The highest BCUT2D eigenvalue weighted by atomic mass is 79.9. The van der Waals surface area contributed by atoms with Gasteiger partial charge in [0.15, 0.2) is 0 Å². The molecule has 1 fully saturated rings. The average molecular weight is 403 g/mol. The van der Waals surface area contributed by atoms with Crippen LogP contribution in [0.25, 0.3) is 6.08 Å². The monoisotopic (exact) mass is 402 g/mol. The molecule has 2 aromatic carbocycles. The number of hydrogen-bond donors (Lipinski definition) is 0. The van der Waals surface area contributed by atoms with E-state index in [4.69, 9.17) is 4.74 Å². The number of rotatable bonds is 6. The van der Waals surface area contributed by atoms with Crippen molar-refractivity contribution in [1.29, 1.82) is 0 Å². The van der Waals surface area contributed by atoms with Crippen LogP contribution in [0, 0.1) is 10.1 Å². The number of nitro benzene ring substituents is 1. The van der Waals surface area contributed by atoms with Gasteiger partial charge in [-0.15, -0.1) is 0 Å². The van der Waals surface area contributed by atoms with Gasteiger partial charge in [-0.2, -0.15) is 0 Å². The quantitative estimate of drug-likeness (QED) is 0.503. The lowest BCUT2D eigenvalue weighted by molar-refractivity contribution is -0.385. The molecule has 0 bridgehead atoms. The van der Waals surface area contributed by atoms with Crippen molar-refractivity contribution in [2.45, 2.75) is 19.4 Å². The molecule has 130 valence electrons. The third-order valence-corrected chi connectivity index (χ3v) is 4.65. The van der Waals surface area contributed by atoms with Gasteiger partial charge < -0.3 is 9.64 Å². The average Bonchev–Trinajstić information content (AvgIpc) is 3.13. The third kappa shape index (κ3) is 4.82. The van der Waals surface area contributed by atoms with Crippen molar-refractivity contribution in [3.05, 3.63) is 74.4 Å². The molecule has 25 heavy (non-hydrogen) atoms. The molecular formula is C19H19BrN2O3. The molecule has 0 aromatic heterocycles. The number of ether oxygens (including phenoxy) is 1. The van der Waals surface area contributed by atoms with E-state index in [0.29, 0.717) is 17.9 Å². The van der Waals surface area contributed by atoms with Crippen molar-refractivity contribution in [2.24, 2.45) is 0 Å². The Morgan fingerprint density at radius 1 is 1.16 bits per heavy atom. The summed E-state index contributed by atoms with van der Waals surface area (Å²) in [7, 11) is 0. The molecule has 0 spiro atoms. The Kier molecular flexibility index (Phi) is 5.71. The maximum Gasteiger partial charge on any atom is 0.280 e. The van der Waals surface area contributed by atoms with Gasteiger partial charge in [-0.25, -0.2) is 0 Å². The van der Waals surface area contributed by atoms with Gasteiger partial charge in [0, 0.05) is 17.6 Å². The lowest BCUT2D eigenvalue weighted by atomic mass is 10.1. The summed E-state index contributed by atoms with van der Waals surface area (Å²) in [5, 5.41) is 11.4. The molecule has 1 aliphatic rings. The van der Waals surface area contributed by atoms with Crippen LogP contribution in [-0.4, -0.2) is 22.9 Å². The molecule has 0 unspecified atom stereocenters. The first kappa shape index (κ1) is 17.5. The first-order chi connectivity index (χ1) is 12.1.